The van der Waals surface area contributed by atoms with E-state index in [9.17, 15) is 13.2 Å². The molecule has 2 aromatic carbocycles. The van der Waals surface area contributed by atoms with E-state index >= 15 is 0 Å². The number of carboxylic acids is 1. The van der Waals surface area contributed by atoms with Crippen LogP contribution in [0.5, 0.6) is 0 Å². The van der Waals surface area contributed by atoms with E-state index in [-0.39, 0.29) is 17.9 Å². The smallest absolute Gasteiger partial charge is 0.335 e. The van der Waals surface area contributed by atoms with Crippen LogP contribution < -0.4 is 10.0 Å². The van der Waals surface area contributed by atoms with Crippen LogP contribution in [0.3, 0.4) is 0 Å². The van der Waals surface area contributed by atoms with Crippen LogP contribution >= 0.6 is 0 Å². The number of aromatic carboxylic acids is 1. The van der Waals surface area contributed by atoms with Crippen molar-refractivity contribution < 1.29 is 18.3 Å². The van der Waals surface area contributed by atoms with Gasteiger partial charge in [0.15, 0.2) is 0 Å². The molecule has 0 atom stereocenters. The summed E-state index contributed by atoms with van der Waals surface area (Å²) in [4.78, 5) is 10.7. The van der Waals surface area contributed by atoms with Crippen molar-refractivity contribution in [2.75, 3.05) is 22.3 Å². The molecular formula is C15H16N2O4S. The number of benzene rings is 2. The summed E-state index contributed by atoms with van der Waals surface area (Å²) in [5.41, 5.74) is 1.37. The first-order valence-corrected chi connectivity index (χ1v) is 8.24. The molecule has 7 heteroatoms. The first-order chi connectivity index (χ1) is 10.5. The van der Waals surface area contributed by atoms with E-state index in [1.54, 1.807) is 42.5 Å². The van der Waals surface area contributed by atoms with Crippen molar-refractivity contribution in [1.82, 2.24) is 0 Å². The molecule has 0 heterocycles. The maximum atomic E-state index is 11.9. The molecule has 0 fully saturated rings. The highest BCUT2D eigenvalue weighted by molar-refractivity contribution is 7.92. The summed E-state index contributed by atoms with van der Waals surface area (Å²) < 4.78 is 26.3. The molecule has 22 heavy (non-hydrogen) atoms. The predicted molar refractivity (Wildman–Crippen MR) is 85.7 cm³/mol. The highest BCUT2D eigenvalue weighted by Crippen LogP contribution is 2.10. The van der Waals surface area contributed by atoms with E-state index in [1.807, 2.05) is 0 Å². The van der Waals surface area contributed by atoms with E-state index in [2.05, 4.69) is 10.0 Å². The van der Waals surface area contributed by atoms with Gasteiger partial charge < -0.3 is 10.4 Å². The number of sulfonamides is 1. The van der Waals surface area contributed by atoms with Gasteiger partial charge in [0.25, 0.3) is 0 Å². The van der Waals surface area contributed by atoms with Crippen LogP contribution in [-0.4, -0.2) is 31.8 Å². The SMILES string of the molecule is O=C(O)c1ccc(NCCS(=O)(=O)Nc2ccccc2)cc1. The zero-order valence-electron chi connectivity index (χ0n) is 11.7. The zero-order valence-corrected chi connectivity index (χ0v) is 12.5. The minimum absolute atomic E-state index is 0.0947. The molecule has 0 aromatic heterocycles. The summed E-state index contributed by atoms with van der Waals surface area (Å²) in [6.45, 7) is 0.217. The first-order valence-electron chi connectivity index (χ1n) is 6.59. The number of carbonyl (C=O) groups is 1. The Morgan fingerprint density at radius 2 is 1.59 bits per heavy atom. The van der Waals surface area contributed by atoms with Crippen LogP contribution in [0.25, 0.3) is 0 Å². The van der Waals surface area contributed by atoms with Crippen LogP contribution in [0.15, 0.2) is 54.6 Å². The molecule has 0 unspecified atom stereocenters. The monoisotopic (exact) mass is 320 g/mol. The molecule has 0 aliphatic carbocycles. The second-order valence-corrected chi connectivity index (χ2v) is 6.44. The summed E-state index contributed by atoms with van der Waals surface area (Å²) in [6.07, 6.45) is 0. The van der Waals surface area contributed by atoms with Gasteiger partial charge in [-0.15, -0.1) is 0 Å². The average molecular weight is 320 g/mol. The number of carboxylic acid groups (broad SMARTS) is 1. The highest BCUT2D eigenvalue weighted by atomic mass is 32.2. The Morgan fingerprint density at radius 3 is 2.18 bits per heavy atom. The zero-order chi connectivity index (χ0) is 16.0. The second-order valence-electron chi connectivity index (χ2n) is 4.60. The topological polar surface area (TPSA) is 95.5 Å². The van der Waals surface area contributed by atoms with Crippen molar-refractivity contribution in [1.29, 1.82) is 0 Å². The average Bonchev–Trinajstić information content (AvgIpc) is 2.48. The first kappa shape index (κ1) is 15.8. The van der Waals surface area contributed by atoms with Gasteiger partial charge in [0.1, 0.15) is 0 Å². The maximum absolute atomic E-state index is 11.9. The van der Waals surface area contributed by atoms with Gasteiger partial charge >= 0.3 is 5.97 Å². The predicted octanol–water partition coefficient (Wildman–Crippen LogP) is 2.24. The minimum atomic E-state index is -3.43. The van der Waals surface area contributed by atoms with E-state index in [4.69, 9.17) is 5.11 Å². The standard InChI is InChI=1S/C15H16N2O4S/c18-15(19)12-6-8-13(9-7-12)16-10-11-22(20,21)17-14-4-2-1-3-5-14/h1-9,16-17H,10-11H2,(H,18,19). The lowest BCUT2D eigenvalue weighted by Gasteiger charge is -2.09. The Hall–Kier alpha value is -2.54. The van der Waals surface area contributed by atoms with Crippen LogP contribution in [0, 0.1) is 0 Å². The molecular weight excluding hydrogens is 304 g/mol. The fraction of sp³-hybridized carbons (Fsp3) is 0.133. The Balaban J connectivity index is 1.86. The van der Waals surface area contributed by atoms with Crippen LogP contribution in [-0.2, 0) is 10.0 Å². The largest absolute Gasteiger partial charge is 0.478 e. The summed E-state index contributed by atoms with van der Waals surface area (Å²) in [7, 11) is -3.43. The van der Waals surface area contributed by atoms with Gasteiger partial charge in [-0.1, -0.05) is 18.2 Å². The van der Waals surface area contributed by atoms with E-state index in [0.29, 0.717) is 11.4 Å². The third-order valence-corrected chi connectivity index (χ3v) is 4.17. The summed E-state index contributed by atoms with van der Waals surface area (Å²) in [5.74, 6) is -1.09. The van der Waals surface area contributed by atoms with Crippen LogP contribution in [0.2, 0.25) is 0 Å². The number of nitrogens with one attached hydrogen (secondary N) is 2. The lowest BCUT2D eigenvalue weighted by molar-refractivity contribution is 0.0697. The molecule has 0 aliphatic rings. The third kappa shape index (κ3) is 4.78. The summed E-state index contributed by atoms with van der Waals surface area (Å²) >= 11 is 0. The number of hydrogen-bond donors (Lipinski definition) is 3. The van der Waals surface area contributed by atoms with Gasteiger partial charge in [0.2, 0.25) is 10.0 Å². The molecule has 2 aromatic rings. The fourth-order valence-corrected chi connectivity index (χ4v) is 2.77. The highest BCUT2D eigenvalue weighted by Gasteiger charge is 2.09. The quantitative estimate of drug-likeness (QED) is 0.727. The van der Waals surface area contributed by atoms with E-state index in [0.717, 1.165) is 0 Å². The number of hydrogen-bond acceptors (Lipinski definition) is 4. The maximum Gasteiger partial charge on any atom is 0.335 e. The minimum Gasteiger partial charge on any atom is -0.478 e. The Labute approximate surface area is 128 Å². The van der Waals surface area contributed by atoms with Crippen LogP contribution in [0.4, 0.5) is 11.4 Å². The molecule has 3 N–H and O–H groups in total. The van der Waals surface area contributed by atoms with Crippen molar-refractivity contribution in [3.8, 4) is 0 Å². The molecule has 0 saturated heterocycles. The van der Waals surface area contributed by atoms with E-state index in [1.165, 1.54) is 12.1 Å². The van der Waals surface area contributed by atoms with Crippen LogP contribution in [0.1, 0.15) is 10.4 Å². The molecule has 0 amide bonds. The fourth-order valence-electron chi connectivity index (χ4n) is 1.80. The molecule has 6 nitrogen and oxygen atoms in total. The second kappa shape index (κ2) is 6.95. The molecule has 0 spiro atoms. The molecule has 0 saturated carbocycles. The van der Waals surface area contributed by atoms with Gasteiger partial charge in [0.05, 0.1) is 11.3 Å². The van der Waals surface area contributed by atoms with E-state index < -0.39 is 16.0 Å². The number of rotatable bonds is 7. The Kier molecular flexibility index (Phi) is 5.00. The molecule has 0 aliphatic heterocycles. The lowest BCUT2D eigenvalue weighted by atomic mass is 10.2. The molecule has 0 bridgehead atoms. The van der Waals surface area contributed by atoms with Crippen molar-refractivity contribution >= 4 is 27.4 Å². The molecule has 0 radical (unpaired) electrons. The number of para-hydroxylation sites is 1. The lowest BCUT2D eigenvalue weighted by Crippen LogP contribution is -2.22. The summed E-state index contributed by atoms with van der Waals surface area (Å²) in [6, 6.07) is 14.8. The van der Waals surface area contributed by atoms with Crippen molar-refractivity contribution in [3.05, 3.63) is 60.2 Å². The van der Waals surface area contributed by atoms with Crippen molar-refractivity contribution in [2.24, 2.45) is 0 Å². The van der Waals surface area contributed by atoms with Gasteiger partial charge in [-0.25, -0.2) is 13.2 Å². The number of anilines is 2. The van der Waals surface area contributed by atoms with Crippen molar-refractivity contribution in [2.45, 2.75) is 0 Å². The van der Waals surface area contributed by atoms with Gasteiger partial charge in [-0.3, -0.25) is 4.72 Å². The normalized spacial score (nSPS) is 10.9. The summed E-state index contributed by atoms with van der Waals surface area (Å²) in [5, 5.41) is 11.7. The third-order valence-electron chi connectivity index (χ3n) is 2.88. The molecule has 116 valence electrons. The van der Waals surface area contributed by atoms with Gasteiger partial charge in [0, 0.05) is 17.9 Å². The Morgan fingerprint density at radius 1 is 0.955 bits per heavy atom. The van der Waals surface area contributed by atoms with Gasteiger partial charge in [-0.05, 0) is 36.4 Å². The Bertz CT molecular complexity index is 728. The van der Waals surface area contributed by atoms with Gasteiger partial charge in [-0.2, -0.15) is 0 Å². The van der Waals surface area contributed by atoms with Crippen molar-refractivity contribution in [3.63, 3.8) is 0 Å². The molecule has 2 rings (SSSR count).